The fourth-order valence-electron chi connectivity index (χ4n) is 1.72. The Labute approximate surface area is 108 Å². The van der Waals surface area contributed by atoms with Crippen LogP contribution in [0, 0.1) is 22.9 Å². The van der Waals surface area contributed by atoms with Gasteiger partial charge in [-0.25, -0.2) is 14.4 Å². The van der Waals surface area contributed by atoms with Crippen molar-refractivity contribution in [1.29, 1.82) is 0 Å². The van der Waals surface area contributed by atoms with Gasteiger partial charge in [0, 0.05) is 12.6 Å². The minimum Gasteiger partial charge on any atom is -0.357 e. The van der Waals surface area contributed by atoms with Crippen molar-refractivity contribution in [2.75, 3.05) is 12.4 Å². The van der Waals surface area contributed by atoms with Crippen LogP contribution in [0.5, 0.6) is 0 Å². The van der Waals surface area contributed by atoms with E-state index in [0.29, 0.717) is 11.1 Å². The van der Waals surface area contributed by atoms with Gasteiger partial charge in [0.1, 0.15) is 12.0 Å². The van der Waals surface area contributed by atoms with E-state index in [-0.39, 0.29) is 17.3 Å². The van der Waals surface area contributed by atoms with E-state index in [2.05, 4.69) is 15.3 Å². The van der Waals surface area contributed by atoms with Crippen LogP contribution in [0.15, 0.2) is 24.4 Å². The van der Waals surface area contributed by atoms with E-state index in [0.717, 1.165) is 6.20 Å². The van der Waals surface area contributed by atoms with Gasteiger partial charge in [0.2, 0.25) is 5.95 Å². The highest BCUT2D eigenvalue weighted by atomic mass is 19.1. The number of aromatic nitrogens is 2. The highest BCUT2D eigenvalue weighted by molar-refractivity contribution is 5.70. The van der Waals surface area contributed by atoms with Gasteiger partial charge in [0.25, 0.3) is 0 Å². The van der Waals surface area contributed by atoms with E-state index in [1.54, 1.807) is 20.0 Å². The third-order valence-corrected chi connectivity index (χ3v) is 2.51. The van der Waals surface area contributed by atoms with Crippen LogP contribution in [0.3, 0.4) is 0 Å². The second-order valence-corrected chi connectivity index (χ2v) is 3.95. The van der Waals surface area contributed by atoms with Gasteiger partial charge in [0.15, 0.2) is 5.69 Å². The van der Waals surface area contributed by atoms with Crippen LogP contribution < -0.4 is 5.32 Å². The van der Waals surface area contributed by atoms with Crippen molar-refractivity contribution < 1.29 is 9.31 Å². The first kappa shape index (κ1) is 12.9. The van der Waals surface area contributed by atoms with E-state index in [1.165, 1.54) is 12.1 Å². The summed E-state index contributed by atoms with van der Waals surface area (Å²) in [5, 5.41) is 13.7. The zero-order valence-corrected chi connectivity index (χ0v) is 10.3. The van der Waals surface area contributed by atoms with Crippen LogP contribution in [0.4, 0.5) is 16.0 Å². The molecular weight excluding hydrogens is 251 g/mol. The molecule has 0 fully saturated rings. The number of hydrogen-bond donors (Lipinski definition) is 1. The summed E-state index contributed by atoms with van der Waals surface area (Å²) in [7, 11) is 1.60. The van der Waals surface area contributed by atoms with Crippen LogP contribution in [0.1, 0.15) is 5.56 Å². The molecule has 7 heteroatoms. The molecule has 0 spiro atoms. The molecule has 1 heterocycles. The summed E-state index contributed by atoms with van der Waals surface area (Å²) in [5.74, 6) is -0.226. The van der Waals surface area contributed by atoms with Crippen molar-refractivity contribution in [2.45, 2.75) is 6.92 Å². The van der Waals surface area contributed by atoms with Crippen LogP contribution in [0.25, 0.3) is 11.3 Å². The lowest BCUT2D eigenvalue weighted by atomic mass is 10.1. The third kappa shape index (κ3) is 2.65. The summed E-state index contributed by atoms with van der Waals surface area (Å²) in [6, 6.07) is 4.19. The summed E-state index contributed by atoms with van der Waals surface area (Å²) in [6.45, 7) is 1.71. The third-order valence-electron chi connectivity index (χ3n) is 2.51. The summed E-state index contributed by atoms with van der Waals surface area (Å²) >= 11 is 0. The van der Waals surface area contributed by atoms with E-state index < -0.39 is 10.7 Å². The highest BCUT2D eigenvalue weighted by Crippen LogP contribution is 2.29. The Bertz CT molecular complexity index is 625. The maximum absolute atomic E-state index is 13.4. The minimum absolute atomic E-state index is 0.0898. The lowest BCUT2D eigenvalue weighted by molar-refractivity contribution is -0.384. The van der Waals surface area contributed by atoms with E-state index in [9.17, 15) is 14.5 Å². The molecule has 2 aromatic rings. The number of aryl methyl sites for hydroxylation is 1. The standard InChI is InChI=1S/C12H11FN4O2/c1-7-3-8(5-9(13)4-7)11-10(17(18)19)6-15-12(14-2)16-11/h3-6H,1-2H3,(H,14,15,16). The Morgan fingerprint density at radius 2 is 2.11 bits per heavy atom. The molecular formula is C12H11FN4O2. The monoisotopic (exact) mass is 262 g/mol. The van der Waals surface area contributed by atoms with Crippen molar-refractivity contribution in [3.63, 3.8) is 0 Å². The number of halogens is 1. The Balaban J connectivity index is 2.67. The number of rotatable bonds is 3. The molecule has 0 unspecified atom stereocenters. The smallest absolute Gasteiger partial charge is 0.313 e. The molecule has 0 amide bonds. The fraction of sp³-hybridized carbons (Fsp3) is 0.167. The van der Waals surface area contributed by atoms with Gasteiger partial charge >= 0.3 is 5.69 Å². The molecule has 0 saturated heterocycles. The first-order valence-electron chi connectivity index (χ1n) is 5.48. The second kappa shape index (κ2) is 4.97. The molecule has 1 aromatic heterocycles. The average Bonchev–Trinajstić information content (AvgIpc) is 2.36. The zero-order chi connectivity index (χ0) is 14.0. The van der Waals surface area contributed by atoms with Crippen LogP contribution in [-0.2, 0) is 0 Å². The van der Waals surface area contributed by atoms with Crippen LogP contribution in [0.2, 0.25) is 0 Å². The SMILES string of the molecule is CNc1ncc([N+](=O)[O-])c(-c2cc(C)cc(F)c2)n1. The lowest BCUT2D eigenvalue weighted by Crippen LogP contribution is -2.02. The molecule has 2 rings (SSSR count). The first-order chi connectivity index (χ1) is 9.01. The summed E-state index contributed by atoms with van der Waals surface area (Å²) in [5.41, 5.74) is 0.841. The molecule has 0 aliphatic rings. The van der Waals surface area contributed by atoms with Gasteiger partial charge in [0.05, 0.1) is 4.92 Å². The number of nitrogens with one attached hydrogen (secondary N) is 1. The quantitative estimate of drug-likeness (QED) is 0.679. The van der Waals surface area contributed by atoms with Crippen molar-refractivity contribution in [3.05, 3.63) is 45.9 Å². The van der Waals surface area contributed by atoms with Gasteiger partial charge in [-0.2, -0.15) is 0 Å². The zero-order valence-electron chi connectivity index (χ0n) is 10.3. The molecule has 19 heavy (non-hydrogen) atoms. The van der Waals surface area contributed by atoms with E-state index in [4.69, 9.17) is 0 Å². The van der Waals surface area contributed by atoms with Crippen molar-refractivity contribution in [3.8, 4) is 11.3 Å². The van der Waals surface area contributed by atoms with Crippen molar-refractivity contribution >= 4 is 11.6 Å². The first-order valence-corrected chi connectivity index (χ1v) is 5.48. The molecule has 0 atom stereocenters. The van der Waals surface area contributed by atoms with Gasteiger partial charge in [-0.1, -0.05) is 0 Å². The number of nitrogens with zero attached hydrogens (tertiary/aromatic N) is 3. The van der Waals surface area contributed by atoms with E-state index in [1.807, 2.05) is 0 Å². The Morgan fingerprint density at radius 3 is 2.68 bits per heavy atom. The molecule has 98 valence electrons. The number of nitro groups is 1. The molecule has 1 aromatic carbocycles. The Hall–Kier alpha value is -2.57. The van der Waals surface area contributed by atoms with E-state index >= 15 is 0 Å². The van der Waals surface area contributed by atoms with Crippen LogP contribution >= 0.6 is 0 Å². The van der Waals surface area contributed by atoms with Crippen molar-refractivity contribution in [2.24, 2.45) is 0 Å². The molecule has 0 saturated carbocycles. The second-order valence-electron chi connectivity index (χ2n) is 3.95. The predicted octanol–water partition coefficient (Wildman–Crippen LogP) is 2.54. The summed E-state index contributed by atoms with van der Waals surface area (Å²) in [6.07, 6.45) is 1.11. The maximum Gasteiger partial charge on any atom is 0.313 e. The summed E-state index contributed by atoms with van der Waals surface area (Å²) < 4.78 is 13.4. The fourth-order valence-corrected chi connectivity index (χ4v) is 1.72. The molecule has 0 bridgehead atoms. The van der Waals surface area contributed by atoms with Gasteiger partial charge in [-0.15, -0.1) is 0 Å². The van der Waals surface area contributed by atoms with Crippen molar-refractivity contribution in [1.82, 2.24) is 9.97 Å². The van der Waals surface area contributed by atoms with Gasteiger partial charge < -0.3 is 5.32 Å². The maximum atomic E-state index is 13.4. The lowest BCUT2D eigenvalue weighted by Gasteiger charge is -2.06. The number of anilines is 1. The van der Waals surface area contributed by atoms with Gasteiger partial charge in [-0.3, -0.25) is 10.1 Å². The molecule has 6 nitrogen and oxygen atoms in total. The number of benzene rings is 1. The largest absolute Gasteiger partial charge is 0.357 e. The highest BCUT2D eigenvalue weighted by Gasteiger charge is 2.19. The Morgan fingerprint density at radius 1 is 1.37 bits per heavy atom. The molecule has 1 N–H and O–H groups in total. The number of hydrogen-bond acceptors (Lipinski definition) is 5. The molecule has 0 aliphatic heterocycles. The normalized spacial score (nSPS) is 10.3. The summed E-state index contributed by atoms with van der Waals surface area (Å²) in [4.78, 5) is 18.2. The molecule has 0 aliphatic carbocycles. The average molecular weight is 262 g/mol. The Kier molecular flexibility index (Phi) is 3.37. The van der Waals surface area contributed by atoms with Gasteiger partial charge in [-0.05, 0) is 30.7 Å². The molecule has 0 radical (unpaired) electrons. The minimum atomic E-state index is -0.588. The topological polar surface area (TPSA) is 81.0 Å². The predicted molar refractivity (Wildman–Crippen MR) is 68.4 cm³/mol. The van der Waals surface area contributed by atoms with Crippen LogP contribution in [-0.4, -0.2) is 21.9 Å².